The molecule has 0 unspecified atom stereocenters. The van der Waals surface area contributed by atoms with Crippen LogP contribution in [-0.4, -0.2) is 16.0 Å². The van der Waals surface area contributed by atoms with Gasteiger partial charge in [-0.3, -0.25) is 14.0 Å². The number of ketones is 2. The first kappa shape index (κ1) is 30.5. The fraction of sp³-hybridized carbons (Fsp3) is 0. The summed E-state index contributed by atoms with van der Waals surface area (Å²) < 4.78 is 4.75. The Labute approximate surface area is 327 Å². The SMILES string of the molecule is O=C1C(=Cc2csc3c2sc2c3c3ccc4c5c(cc6c7ccccc7n2c6c53)-c2ccccc2N4c2ccccc2-c2ccccc2)C(=O)c2ccccc21. The molecular weight excluding hydrogens is 725 g/mol. The molecule has 0 fully saturated rings. The van der Waals surface area contributed by atoms with Gasteiger partial charge in [0.1, 0.15) is 4.83 Å². The normalized spacial score (nSPS) is 13.7. The van der Waals surface area contributed by atoms with Gasteiger partial charge >= 0.3 is 0 Å². The van der Waals surface area contributed by atoms with Gasteiger partial charge in [-0.1, -0.05) is 115 Å². The molecule has 0 amide bonds. The van der Waals surface area contributed by atoms with Crippen molar-refractivity contribution in [3.05, 3.63) is 173 Å². The summed E-state index contributed by atoms with van der Waals surface area (Å²) >= 11 is 3.45. The average Bonchev–Trinajstić information content (AvgIpc) is 3.98. The number of rotatable bonds is 3. The molecule has 56 heavy (non-hydrogen) atoms. The number of thiophene rings is 2. The van der Waals surface area contributed by atoms with Crippen LogP contribution in [0.1, 0.15) is 26.3 Å². The van der Waals surface area contributed by atoms with Crippen LogP contribution in [0.15, 0.2) is 157 Å². The third-order valence-electron chi connectivity index (χ3n) is 11.9. The number of pyridine rings is 1. The summed E-state index contributed by atoms with van der Waals surface area (Å²) in [5, 5.41) is 9.48. The monoisotopic (exact) mass is 750 g/mol. The molecule has 1 aliphatic carbocycles. The van der Waals surface area contributed by atoms with Crippen molar-refractivity contribution >= 4 is 115 Å². The number of allylic oxidation sites excluding steroid dienone is 1. The van der Waals surface area contributed by atoms with E-state index in [2.05, 4.69) is 136 Å². The summed E-state index contributed by atoms with van der Waals surface area (Å²) in [4.78, 5) is 30.6. The molecule has 11 aromatic rings. The fourth-order valence-electron chi connectivity index (χ4n) is 9.56. The molecule has 7 aromatic carbocycles. The Hall–Kier alpha value is -6.86. The van der Waals surface area contributed by atoms with Crippen molar-refractivity contribution in [1.82, 2.24) is 4.40 Å². The van der Waals surface area contributed by atoms with Gasteiger partial charge in [0, 0.05) is 60.1 Å². The quantitative estimate of drug-likeness (QED) is 0.133. The lowest BCUT2D eigenvalue weighted by atomic mass is 9.86. The van der Waals surface area contributed by atoms with Crippen LogP contribution in [0, 0.1) is 0 Å². The number of nitrogens with zero attached hydrogens (tertiary/aromatic N) is 2. The Morgan fingerprint density at radius 2 is 1.16 bits per heavy atom. The van der Waals surface area contributed by atoms with E-state index in [0.717, 1.165) is 27.3 Å². The van der Waals surface area contributed by atoms with E-state index < -0.39 is 0 Å². The zero-order chi connectivity index (χ0) is 36.8. The number of anilines is 3. The predicted molar refractivity (Wildman–Crippen MR) is 234 cm³/mol. The van der Waals surface area contributed by atoms with Crippen molar-refractivity contribution in [2.45, 2.75) is 0 Å². The third-order valence-corrected chi connectivity index (χ3v) is 14.3. The Morgan fingerprint density at radius 3 is 1.95 bits per heavy atom. The molecule has 1 aliphatic heterocycles. The highest BCUT2D eigenvalue weighted by atomic mass is 32.1. The number of para-hydroxylation sites is 3. The van der Waals surface area contributed by atoms with Gasteiger partial charge in [0.2, 0.25) is 0 Å². The molecule has 0 saturated carbocycles. The molecular formula is C50H26N2O2S2. The number of hydrogen-bond acceptors (Lipinski definition) is 5. The Kier molecular flexibility index (Phi) is 5.92. The first-order chi connectivity index (χ1) is 27.7. The summed E-state index contributed by atoms with van der Waals surface area (Å²) in [6, 6.07) is 51.2. The highest BCUT2D eigenvalue weighted by molar-refractivity contribution is 7.32. The van der Waals surface area contributed by atoms with Crippen LogP contribution in [0.2, 0.25) is 0 Å². The largest absolute Gasteiger partial charge is 0.309 e. The minimum Gasteiger partial charge on any atom is -0.309 e. The summed E-state index contributed by atoms with van der Waals surface area (Å²) in [5.41, 5.74) is 12.8. The molecule has 0 radical (unpaired) electrons. The van der Waals surface area contributed by atoms with E-state index in [1.165, 1.54) is 75.1 Å². The van der Waals surface area contributed by atoms with E-state index in [4.69, 9.17) is 0 Å². The highest BCUT2D eigenvalue weighted by Crippen LogP contribution is 2.58. The number of fused-ring (bicyclic) bond motifs is 11. The first-order valence-corrected chi connectivity index (χ1v) is 20.4. The van der Waals surface area contributed by atoms with E-state index in [-0.39, 0.29) is 17.1 Å². The molecule has 0 bridgehead atoms. The summed E-state index contributed by atoms with van der Waals surface area (Å²) in [6.07, 6.45) is 1.83. The molecule has 5 heterocycles. The molecule has 260 valence electrons. The molecule has 0 N–H and O–H groups in total. The van der Waals surface area contributed by atoms with Crippen molar-refractivity contribution in [2.24, 2.45) is 0 Å². The number of Topliss-reactive ketones (excluding diaryl/α,β-unsaturated/α-hetero) is 2. The smallest absolute Gasteiger partial charge is 0.197 e. The lowest BCUT2D eigenvalue weighted by Crippen LogP contribution is -2.16. The van der Waals surface area contributed by atoms with Gasteiger partial charge < -0.3 is 4.90 Å². The van der Waals surface area contributed by atoms with Crippen molar-refractivity contribution < 1.29 is 9.59 Å². The van der Waals surface area contributed by atoms with Gasteiger partial charge in [-0.2, -0.15) is 0 Å². The molecule has 13 rings (SSSR count). The maximum Gasteiger partial charge on any atom is 0.197 e. The molecule has 4 aromatic heterocycles. The van der Waals surface area contributed by atoms with Crippen molar-refractivity contribution in [3.8, 4) is 22.3 Å². The maximum absolute atomic E-state index is 13.5. The highest BCUT2D eigenvalue weighted by Gasteiger charge is 2.34. The van der Waals surface area contributed by atoms with Crippen LogP contribution in [0.25, 0.3) is 85.9 Å². The zero-order valence-electron chi connectivity index (χ0n) is 29.5. The molecule has 6 heteroatoms. The Morgan fingerprint density at radius 1 is 0.500 bits per heavy atom. The van der Waals surface area contributed by atoms with Gasteiger partial charge in [0.25, 0.3) is 0 Å². The Bertz CT molecular complexity index is 3550. The molecule has 0 saturated heterocycles. The zero-order valence-corrected chi connectivity index (χ0v) is 31.2. The van der Waals surface area contributed by atoms with E-state index in [1.54, 1.807) is 34.8 Å². The lowest BCUT2D eigenvalue weighted by Gasteiger charge is -2.35. The van der Waals surface area contributed by atoms with Crippen LogP contribution in [0.4, 0.5) is 17.1 Å². The fourth-order valence-corrected chi connectivity index (χ4v) is 12.2. The molecule has 0 spiro atoms. The second-order valence-electron chi connectivity index (χ2n) is 14.7. The second kappa shape index (κ2) is 10.9. The van der Waals surface area contributed by atoms with Gasteiger partial charge in [-0.25, -0.2) is 0 Å². The standard InChI is InChI=1S/C50H26N2O2S2/c53-46-32-17-4-5-18-33(32)47(54)37(46)24-28-26-55-49-44-34-22-23-41-42-35(25-36-31-16-8-11-21-40(31)52(45(36)43(34)42)50(44)56-48(28)49)30-15-7-10-20-39(30)51(41)38-19-9-6-14-29(38)27-12-2-1-3-13-27/h1-26H. The van der Waals surface area contributed by atoms with Crippen LogP contribution in [0.5, 0.6) is 0 Å². The van der Waals surface area contributed by atoms with E-state index in [9.17, 15) is 9.59 Å². The minimum absolute atomic E-state index is 0.199. The van der Waals surface area contributed by atoms with Gasteiger partial charge in [-0.15, -0.1) is 22.7 Å². The van der Waals surface area contributed by atoms with Crippen LogP contribution < -0.4 is 4.90 Å². The minimum atomic E-state index is -0.199. The van der Waals surface area contributed by atoms with E-state index in [1.807, 2.05) is 18.2 Å². The summed E-state index contributed by atoms with van der Waals surface area (Å²) in [6.45, 7) is 0. The number of benzene rings is 7. The molecule has 4 nitrogen and oxygen atoms in total. The van der Waals surface area contributed by atoms with Crippen LogP contribution in [0.3, 0.4) is 0 Å². The summed E-state index contributed by atoms with van der Waals surface area (Å²) in [7, 11) is 0. The predicted octanol–water partition coefficient (Wildman–Crippen LogP) is 13.8. The number of carbonyl (C=O) groups is 2. The van der Waals surface area contributed by atoms with Crippen molar-refractivity contribution in [3.63, 3.8) is 0 Å². The van der Waals surface area contributed by atoms with Crippen LogP contribution >= 0.6 is 22.7 Å². The third kappa shape index (κ3) is 3.77. The topological polar surface area (TPSA) is 41.8 Å². The maximum atomic E-state index is 13.5. The number of carbonyl (C=O) groups excluding carboxylic acids is 2. The number of aromatic nitrogens is 1. The second-order valence-corrected chi connectivity index (χ2v) is 16.6. The van der Waals surface area contributed by atoms with E-state index in [0.29, 0.717) is 11.1 Å². The molecule has 2 aliphatic rings. The molecule has 0 atom stereocenters. The van der Waals surface area contributed by atoms with Gasteiger partial charge in [0.05, 0.1) is 43.1 Å². The lowest BCUT2D eigenvalue weighted by molar-refractivity contribution is 0.0990. The van der Waals surface area contributed by atoms with Gasteiger partial charge in [0.15, 0.2) is 11.6 Å². The van der Waals surface area contributed by atoms with Gasteiger partial charge in [-0.05, 0) is 52.9 Å². The summed E-state index contributed by atoms with van der Waals surface area (Å²) in [5.74, 6) is -0.399. The van der Waals surface area contributed by atoms with Crippen LogP contribution in [-0.2, 0) is 0 Å². The Balaban J connectivity index is 1.16. The van der Waals surface area contributed by atoms with E-state index >= 15 is 0 Å². The first-order valence-electron chi connectivity index (χ1n) is 18.7. The number of hydrogen-bond donors (Lipinski definition) is 0. The van der Waals surface area contributed by atoms with Crippen molar-refractivity contribution in [1.29, 1.82) is 0 Å². The van der Waals surface area contributed by atoms with Crippen molar-refractivity contribution in [2.75, 3.05) is 4.90 Å². The average molecular weight is 751 g/mol.